The van der Waals surface area contributed by atoms with Gasteiger partial charge >= 0.3 is 0 Å². The lowest BCUT2D eigenvalue weighted by atomic mass is 10.0. The molecule has 5 nitrogen and oxygen atoms in total. The van der Waals surface area contributed by atoms with E-state index in [1.54, 1.807) is 0 Å². The molecule has 2 saturated heterocycles. The summed E-state index contributed by atoms with van der Waals surface area (Å²) in [5.74, 6) is 0.155. The molecule has 0 aliphatic carbocycles. The minimum atomic E-state index is -3.61. The number of aromatic nitrogens is 1. The number of hydrogen-bond donors (Lipinski definition) is 0. The molecule has 2 fully saturated rings. The molecule has 1 aromatic heterocycles. The molecule has 2 aliphatic rings. The van der Waals surface area contributed by atoms with Crippen LogP contribution in [0.25, 0.3) is 0 Å². The Bertz CT molecular complexity index is 578. The lowest BCUT2D eigenvalue weighted by molar-refractivity contribution is 0.349. The summed E-state index contributed by atoms with van der Waals surface area (Å²) in [6.45, 7) is 2.90. The van der Waals surface area contributed by atoms with E-state index in [4.69, 9.17) is 0 Å². The van der Waals surface area contributed by atoms with Crippen LogP contribution in [0.4, 0.5) is 4.39 Å². The summed E-state index contributed by atoms with van der Waals surface area (Å²) in [7, 11) is -1.56. The maximum atomic E-state index is 13.1. The molecule has 0 spiro atoms. The SMILES string of the molecule is CN1C[C@@H]2CN(S(=O)(=O)c3cncc(F)c3)C[C@@H]2C1. The van der Waals surface area contributed by atoms with Crippen molar-refractivity contribution < 1.29 is 12.8 Å². The zero-order valence-corrected chi connectivity index (χ0v) is 11.5. The molecule has 0 N–H and O–H groups in total. The zero-order valence-electron chi connectivity index (χ0n) is 10.7. The second kappa shape index (κ2) is 4.50. The molecule has 3 heterocycles. The third-order valence-corrected chi connectivity index (χ3v) is 5.75. The third kappa shape index (κ3) is 2.26. The van der Waals surface area contributed by atoms with E-state index in [-0.39, 0.29) is 4.90 Å². The quantitative estimate of drug-likeness (QED) is 0.789. The molecule has 0 aromatic carbocycles. The Morgan fingerprint density at radius 1 is 1.21 bits per heavy atom. The Hall–Kier alpha value is -1.05. The van der Waals surface area contributed by atoms with Gasteiger partial charge in [-0.3, -0.25) is 4.98 Å². The van der Waals surface area contributed by atoms with Crippen LogP contribution >= 0.6 is 0 Å². The Morgan fingerprint density at radius 3 is 2.42 bits per heavy atom. The van der Waals surface area contributed by atoms with Crippen LogP contribution in [0.5, 0.6) is 0 Å². The number of pyridine rings is 1. The maximum absolute atomic E-state index is 13.1. The van der Waals surface area contributed by atoms with Crippen molar-refractivity contribution in [1.29, 1.82) is 0 Å². The first-order valence-electron chi connectivity index (χ1n) is 6.26. The van der Waals surface area contributed by atoms with Gasteiger partial charge in [0.2, 0.25) is 10.0 Å². The van der Waals surface area contributed by atoms with Crippen LogP contribution in [-0.2, 0) is 10.0 Å². The summed E-state index contributed by atoms with van der Waals surface area (Å²) < 4.78 is 39.4. The van der Waals surface area contributed by atoms with Crippen molar-refractivity contribution in [2.45, 2.75) is 4.90 Å². The zero-order chi connectivity index (χ0) is 13.6. The number of rotatable bonds is 2. The van der Waals surface area contributed by atoms with E-state index in [1.807, 2.05) is 7.05 Å². The van der Waals surface area contributed by atoms with Gasteiger partial charge in [0, 0.05) is 32.4 Å². The molecule has 0 bridgehead atoms. The monoisotopic (exact) mass is 285 g/mol. The van der Waals surface area contributed by atoms with Gasteiger partial charge < -0.3 is 4.90 Å². The van der Waals surface area contributed by atoms with Gasteiger partial charge in [0.1, 0.15) is 10.7 Å². The van der Waals surface area contributed by atoms with Gasteiger partial charge in [0.25, 0.3) is 0 Å². The standard InChI is InChI=1S/C12H16FN3O2S/c1-15-5-9-7-16(8-10(9)6-15)19(17,18)12-2-11(13)3-14-4-12/h2-4,9-10H,5-8H2,1H3/t9-,10+. The van der Waals surface area contributed by atoms with Gasteiger partial charge in [0.05, 0.1) is 6.20 Å². The highest BCUT2D eigenvalue weighted by atomic mass is 32.2. The highest BCUT2D eigenvalue weighted by Gasteiger charge is 2.43. The second-order valence-electron chi connectivity index (χ2n) is 5.40. The van der Waals surface area contributed by atoms with E-state index in [2.05, 4.69) is 9.88 Å². The van der Waals surface area contributed by atoms with Gasteiger partial charge in [-0.15, -0.1) is 0 Å². The van der Waals surface area contributed by atoms with E-state index in [9.17, 15) is 12.8 Å². The average molecular weight is 285 g/mol. The van der Waals surface area contributed by atoms with Crippen molar-refractivity contribution in [2.24, 2.45) is 11.8 Å². The number of fused-ring (bicyclic) bond motifs is 1. The summed E-state index contributed by atoms with van der Waals surface area (Å²) >= 11 is 0. The lowest BCUT2D eigenvalue weighted by Crippen LogP contribution is -2.32. The molecule has 2 aliphatic heterocycles. The minimum Gasteiger partial charge on any atom is -0.306 e. The van der Waals surface area contributed by atoms with Crippen LogP contribution in [0, 0.1) is 17.7 Å². The van der Waals surface area contributed by atoms with Crippen LogP contribution in [0.15, 0.2) is 23.4 Å². The van der Waals surface area contributed by atoms with Gasteiger partial charge in [-0.25, -0.2) is 12.8 Å². The second-order valence-corrected chi connectivity index (χ2v) is 7.34. The number of hydrogen-bond acceptors (Lipinski definition) is 4. The summed E-state index contributed by atoms with van der Waals surface area (Å²) in [4.78, 5) is 5.79. The Balaban J connectivity index is 1.83. The van der Waals surface area contributed by atoms with E-state index in [0.717, 1.165) is 25.4 Å². The summed E-state index contributed by atoms with van der Waals surface area (Å²) in [6.07, 6.45) is 2.21. The van der Waals surface area contributed by atoms with Crippen LogP contribution in [0.2, 0.25) is 0 Å². The fourth-order valence-corrected chi connectivity index (χ4v) is 4.59. The molecular weight excluding hydrogens is 269 g/mol. The Labute approximate surface area is 112 Å². The molecule has 19 heavy (non-hydrogen) atoms. The van der Waals surface area contributed by atoms with Crippen molar-refractivity contribution in [3.63, 3.8) is 0 Å². The number of nitrogens with zero attached hydrogens (tertiary/aromatic N) is 3. The summed E-state index contributed by atoms with van der Waals surface area (Å²) in [6, 6.07) is 1.03. The van der Waals surface area contributed by atoms with E-state index < -0.39 is 15.8 Å². The molecule has 3 rings (SSSR count). The van der Waals surface area contributed by atoms with Crippen LogP contribution < -0.4 is 0 Å². The number of likely N-dealkylation sites (tertiary alicyclic amines) is 1. The fraction of sp³-hybridized carbons (Fsp3) is 0.583. The summed E-state index contributed by atoms with van der Waals surface area (Å²) in [5.41, 5.74) is 0. The first-order chi connectivity index (χ1) is 8.96. The highest BCUT2D eigenvalue weighted by Crippen LogP contribution is 2.33. The van der Waals surface area contributed by atoms with Gasteiger partial charge in [-0.2, -0.15) is 4.31 Å². The molecule has 104 valence electrons. The van der Waals surface area contributed by atoms with E-state index >= 15 is 0 Å². The predicted molar refractivity (Wildman–Crippen MR) is 67.4 cm³/mol. The number of sulfonamides is 1. The first-order valence-corrected chi connectivity index (χ1v) is 7.70. The fourth-order valence-electron chi connectivity index (χ4n) is 3.06. The molecular formula is C12H16FN3O2S. The minimum absolute atomic E-state index is 0.0548. The maximum Gasteiger partial charge on any atom is 0.244 e. The van der Waals surface area contributed by atoms with Gasteiger partial charge in [-0.1, -0.05) is 0 Å². The molecule has 0 amide bonds. The van der Waals surface area contributed by atoms with Crippen molar-refractivity contribution in [3.8, 4) is 0 Å². The van der Waals surface area contributed by atoms with Gasteiger partial charge in [-0.05, 0) is 24.9 Å². The first kappa shape index (κ1) is 13.0. The topological polar surface area (TPSA) is 53.5 Å². The van der Waals surface area contributed by atoms with E-state index in [1.165, 1.54) is 10.5 Å². The predicted octanol–water partition coefficient (Wildman–Crippen LogP) is 0.403. The Kier molecular flexibility index (Phi) is 3.07. The lowest BCUT2D eigenvalue weighted by Gasteiger charge is -2.18. The van der Waals surface area contributed by atoms with Crippen molar-refractivity contribution >= 4 is 10.0 Å². The molecule has 7 heteroatoms. The molecule has 0 radical (unpaired) electrons. The van der Waals surface area contributed by atoms with Crippen molar-refractivity contribution in [2.75, 3.05) is 33.2 Å². The summed E-state index contributed by atoms with van der Waals surface area (Å²) in [5, 5.41) is 0. The Morgan fingerprint density at radius 2 is 1.84 bits per heavy atom. The molecule has 0 saturated carbocycles. The van der Waals surface area contributed by atoms with Gasteiger partial charge in [0.15, 0.2) is 0 Å². The van der Waals surface area contributed by atoms with Crippen LogP contribution in [-0.4, -0.2) is 55.8 Å². The molecule has 0 unspecified atom stereocenters. The van der Waals surface area contributed by atoms with E-state index in [0.29, 0.717) is 24.9 Å². The van der Waals surface area contributed by atoms with Crippen LogP contribution in [0.3, 0.4) is 0 Å². The highest BCUT2D eigenvalue weighted by molar-refractivity contribution is 7.89. The normalized spacial score (nSPS) is 28.7. The largest absolute Gasteiger partial charge is 0.306 e. The van der Waals surface area contributed by atoms with Crippen molar-refractivity contribution in [3.05, 3.63) is 24.3 Å². The average Bonchev–Trinajstić information content (AvgIpc) is 2.86. The molecule has 1 aromatic rings. The van der Waals surface area contributed by atoms with Crippen molar-refractivity contribution in [1.82, 2.24) is 14.2 Å². The molecule has 2 atom stereocenters. The smallest absolute Gasteiger partial charge is 0.244 e. The van der Waals surface area contributed by atoms with Crippen LogP contribution in [0.1, 0.15) is 0 Å². The third-order valence-electron chi connectivity index (χ3n) is 3.95. The number of halogens is 1.